The number of benzene rings is 1. The molecule has 114 valence electrons. The molecule has 6 nitrogen and oxygen atoms in total. The lowest BCUT2D eigenvalue weighted by Gasteiger charge is -2.38. The van der Waals surface area contributed by atoms with E-state index in [1.807, 2.05) is 5.01 Å². The van der Waals surface area contributed by atoms with Crippen molar-refractivity contribution in [3.63, 3.8) is 0 Å². The highest BCUT2D eigenvalue weighted by atomic mass is 16.6. The van der Waals surface area contributed by atoms with Gasteiger partial charge in [-0.3, -0.25) is 20.3 Å². The first-order chi connectivity index (χ1) is 9.90. The molecule has 2 rings (SSSR count). The summed E-state index contributed by atoms with van der Waals surface area (Å²) in [5, 5.41) is 12.9. The highest BCUT2D eigenvalue weighted by molar-refractivity contribution is 5.94. The van der Waals surface area contributed by atoms with Crippen LogP contribution in [0.2, 0.25) is 0 Å². The summed E-state index contributed by atoms with van der Waals surface area (Å²) in [6.45, 7) is 5.82. The Hall–Kier alpha value is -1.95. The minimum Gasteiger partial charge on any atom is -0.284 e. The van der Waals surface area contributed by atoms with Crippen LogP contribution in [-0.4, -0.2) is 27.9 Å². The standard InChI is InChI=1S/C15H21N3O3/c1-10-7-8-13(9-14(10)18(20)21)15(19)16-17-11(2)5-4-6-12(17)3/h7-9,11-12H,4-6H2,1-3H3,(H,16,19)/t11-,12-/m1/s1. The van der Waals surface area contributed by atoms with Gasteiger partial charge in [-0.15, -0.1) is 0 Å². The van der Waals surface area contributed by atoms with Gasteiger partial charge < -0.3 is 0 Å². The van der Waals surface area contributed by atoms with E-state index in [9.17, 15) is 14.9 Å². The Labute approximate surface area is 124 Å². The lowest BCUT2D eigenvalue weighted by molar-refractivity contribution is -0.385. The summed E-state index contributed by atoms with van der Waals surface area (Å²) in [7, 11) is 0. The molecule has 1 aromatic rings. The molecule has 0 saturated carbocycles. The van der Waals surface area contributed by atoms with Gasteiger partial charge in [0.25, 0.3) is 11.6 Å². The second-order valence-electron chi connectivity index (χ2n) is 5.74. The van der Waals surface area contributed by atoms with E-state index in [2.05, 4.69) is 19.3 Å². The lowest BCUT2D eigenvalue weighted by atomic mass is 10.00. The molecule has 0 unspecified atom stereocenters. The van der Waals surface area contributed by atoms with E-state index in [1.165, 1.54) is 6.07 Å². The van der Waals surface area contributed by atoms with Gasteiger partial charge >= 0.3 is 0 Å². The van der Waals surface area contributed by atoms with Gasteiger partial charge in [-0.05, 0) is 39.7 Å². The topological polar surface area (TPSA) is 75.5 Å². The van der Waals surface area contributed by atoms with Crippen molar-refractivity contribution in [2.75, 3.05) is 0 Å². The van der Waals surface area contributed by atoms with Crippen LogP contribution in [0.4, 0.5) is 5.69 Å². The van der Waals surface area contributed by atoms with Crippen molar-refractivity contribution in [1.82, 2.24) is 10.4 Å². The fraction of sp³-hybridized carbons (Fsp3) is 0.533. The zero-order valence-electron chi connectivity index (χ0n) is 12.6. The fourth-order valence-corrected chi connectivity index (χ4v) is 2.77. The second-order valence-corrected chi connectivity index (χ2v) is 5.74. The number of piperidine rings is 1. The largest absolute Gasteiger partial charge is 0.284 e. The molecule has 6 heteroatoms. The molecule has 1 N–H and O–H groups in total. The maximum absolute atomic E-state index is 12.3. The number of hydrazine groups is 1. The molecule has 1 fully saturated rings. The molecular formula is C15H21N3O3. The summed E-state index contributed by atoms with van der Waals surface area (Å²) in [6.07, 6.45) is 3.24. The molecule has 0 bridgehead atoms. The minimum atomic E-state index is -0.460. The average molecular weight is 291 g/mol. The summed E-state index contributed by atoms with van der Waals surface area (Å²) in [5.74, 6) is -0.293. The van der Waals surface area contributed by atoms with Crippen LogP contribution in [0.1, 0.15) is 49.0 Å². The number of nitro groups is 1. The van der Waals surface area contributed by atoms with Gasteiger partial charge in [0.1, 0.15) is 0 Å². The number of nitrogens with zero attached hydrogens (tertiary/aromatic N) is 2. The predicted molar refractivity (Wildman–Crippen MR) is 79.9 cm³/mol. The van der Waals surface area contributed by atoms with E-state index in [4.69, 9.17) is 0 Å². The second kappa shape index (κ2) is 6.22. The van der Waals surface area contributed by atoms with Gasteiger partial charge in [-0.25, -0.2) is 5.01 Å². The number of nitrogens with one attached hydrogen (secondary N) is 1. The fourth-order valence-electron chi connectivity index (χ4n) is 2.77. The van der Waals surface area contributed by atoms with E-state index in [0.29, 0.717) is 11.1 Å². The first-order valence-corrected chi connectivity index (χ1v) is 7.24. The molecule has 2 atom stereocenters. The molecule has 0 aliphatic carbocycles. The Morgan fingerprint density at radius 2 is 1.95 bits per heavy atom. The van der Waals surface area contributed by atoms with E-state index in [1.54, 1.807) is 19.1 Å². The van der Waals surface area contributed by atoms with Crippen LogP contribution in [-0.2, 0) is 0 Å². The van der Waals surface area contributed by atoms with Crippen LogP contribution >= 0.6 is 0 Å². The number of hydrogen-bond donors (Lipinski definition) is 1. The summed E-state index contributed by atoms with van der Waals surface area (Å²) >= 11 is 0. The van der Waals surface area contributed by atoms with Gasteiger partial charge in [0, 0.05) is 29.3 Å². The van der Waals surface area contributed by atoms with Crippen molar-refractivity contribution in [1.29, 1.82) is 0 Å². The summed E-state index contributed by atoms with van der Waals surface area (Å²) < 4.78 is 0. The van der Waals surface area contributed by atoms with Gasteiger partial charge in [0.2, 0.25) is 0 Å². The molecule has 0 spiro atoms. The maximum Gasteiger partial charge on any atom is 0.273 e. The molecule has 1 aliphatic rings. The van der Waals surface area contributed by atoms with Crippen LogP contribution in [0, 0.1) is 17.0 Å². The molecule has 21 heavy (non-hydrogen) atoms. The average Bonchev–Trinajstić information content (AvgIpc) is 2.43. The Balaban J connectivity index is 2.16. The van der Waals surface area contributed by atoms with Crippen LogP contribution in [0.25, 0.3) is 0 Å². The Kier molecular flexibility index (Phi) is 4.57. The Morgan fingerprint density at radius 3 is 2.52 bits per heavy atom. The highest BCUT2D eigenvalue weighted by Gasteiger charge is 2.26. The van der Waals surface area contributed by atoms with Crippen molar-refractivity contribution in [2.24, 2.45) is 0 Å². The van der Waals surface area contributed by atoms with Crippen LogP contribution in [0.15, 0.2) is 18.2 Å². The molecule has 1 amide bonds. The van der Waals surface area contributed by atoms with Crippen molar-refractivity contribution in [3.05, 3.63) is 39.4 Å². The first kappa shape index (κ1) is 15.4. The molecular weight excluding hydrogens is 270 g/mol. The third kappa shape index (κ3) is 3.39. The van der Waals surface area contributed by atoms with Crippen LogP contribution < -0.4 is 5.43 Å². The number of amides is 1. The predicted octanol–water partition coefficient (Wildman–Crippen LogP) is 2.81. The Morgan fingerprint density at radius 1 is 1.33 bits per heavy atom. The molecule has 0 radical (unpaired) electrons. The van der Waals surface area contributed by atoms with Gasteiger partial charge in [0.05, 0.1) is 4.92 Å². The van der Waals surface area contributed by atoms with Gasteiger partial charge in [0.15, 0.2) is 0 Å². The Bertz CT molecular complexity index is 549. The maximum atomic E-state index is 12.3. The molecule has 1 heterocycles. The quantitative estimate of drug-likeness (QED) is 0.686. The normalized spacial score (nSPS) is 22.8. The summed E-state index contributed by atoms with van der Waals surface area (Å²) in [5.41, 5.74) is 3.74. The smallest absolute Gasteiger partial charge is 0.273 e. The zero-order valence-corrected chi connectivity index (χ0v) is 12.6. The molecule has 1 aliphatic heterocycles. The van der Waals surface area contributed by atoms with E-state index < -0.39 is 4.92 Å². The lowest BCUT2D eigenvalue weighted by Crippen LogP contribution is -2.54. The van der Waals surface area contributed by atoms with Crippen molar-refractivity contribution < 1.29 is 9.72 Å². The number of nitro benzene ring substituents is 1. The summed E-state index contributed by atoms with van der Waals surface area (Å²) in [6, 6.07) is 5.12. The molecule has 1 saturated heterocycles. The van der Waals surface area contributed by atoms with Crippen molar-refractivity contribution >= 4 is 11.6 Å². The number of carbonyl (C=O) groups is 1. The number of rotatable bonds is 3. The SMILES string of the molecule is Cc1ccc(C(=O)NN2[C@H](C)CCC[C@H]2C)cc1[N+](=O)[O-]. The van der Waals surface area contributed by atoms with E-state index >= 15 is 0 Å². The zero-order chi connectivity index (χ0) is 15.6. The third-order valence-electron chi connectivity index (χ3n) is 4.09. The van der Waals surface area contributed by atoms with Crippen LogP contribution in [0.5, 0.6) is 0 Å². The van der Waals surface area contributed by atoms with E-state index in [-0.39, 0.29) is 23.7 Å². The highest BCUT2D eigenvalue weighted by Crippen LogP contribution is 2.22. The number of hydrogen-bond acceptors (Lipinski definition) is 4. The van der Waals surface area contributed by atoms with Gasteiger partial charge in [-0.2, -0.15) is 0 Å². The number of aryl methyl sites for hydroxylation is 1. The summed E-state index contributed by atoms with van der Waals surface area (Å²) in [4.78, 5) is 22.8. The monoisotopic (exact) mass is 291 g/mol. The molecule has 1 aromatic carbocycles. The van der Waals surface area contributed by atoms with Gasteiger partial charge in [-0.1, -0.05) is 12.5 Å². The third-order valence-corrected chi connectivity index (χ3v) is 4.09. The van der Waals surface area contributed by atoms with Crippen LogP contribution in [0.3, 0.4) is 0 Å². The minimum absolute atomic E-state index is 0.0256. The van der Waals surface area contributed by atoms with Crippen molar-refractivity contribution in [3.8, 4) is 0 Å². The van der Waals surface area contributed by atoms with E-state index in [0.717, 1.165) is 19.3 Å². The molecule has 0 aromatic heterocycles. The first-order valence-electron chi connectivity index (χ1n) is 7.24. The number of carbonyl (C=O) groups excluding carboxylic acids is 1. The van der Waals surface area contributed by atoms with Crippen molar-refractivity contribution in [2.45, 2.75) is 52.1 Å².